The van der Waals surface area contributed by atoms with Gasteiger partial charge in [0.2, 0.25) is 11.8 Å². The van der Waals surface area contributed by atoms with E-state index in [-0.39, 0.29) is 24.8 Å². The summed E-state index contributed by atoms with van der Waals surface area (Å²) in [5.41, 5.74) is 1.41. The van der Waals surface area contributed by atoms with E-state index >= 15 is 0 Å². The van der Waals surface area contributed by atoms with Gasteiger partial charge < -0.3 is 19.7 Å². The van der Waals surface area contributed by atoms with Crippen molar-refractivity contribution in [1.82, 2.24) is 0 Å². The fraction of sp³-hybridized carbons (Fsp3) is 0.250. The number of amides is 2. The largest absolute Gasteiger partial charge is 0.497 e. The molecule has 1 unspecified atom stereocenters. The van der Waals surface area contributed by atoms with Gasteiger partial charge in [-0.25, -0.2) is 0 Å². The number of ether oxygens (including phenoxy) is 2. The maximum atomic E-state index is 12.7. The summed E-state index contributed by atoms with van der Waals surface area (Å²) in [4.78, 5) is 26.6. The fourth-order valence-electron chi connectivity index (χ4n) is 3.07. The first-order valence-corrected chi connectivity index (χ1v) is 8.39. The Morgan fingerprint density at radius 3 is 2.70 bits per heavy atom. The van der Waals surface area contributed by atoms with Crippen molar-refractivity contribution in [2.45, 2.75) is 6.42 Å². The van der Waals surface area contributed by atoms with Gasteiger partial charge in [-0.2, -0.15) is 5.26 Å². The number of nitrogens with one attached hydrogen (secondary N) is 1. The van der Waals surface area contributed by atoms with Crippen LogP contribution in [0.15, 0.2) is 42.5 Å². The lowest BCUT2D eigenvalue weighted by atomic mass is 10.1. The highest BCUT2D eigenvalue weighted by Gasteiger charge is 2.36. The van der Waals surface area contributed by atoms with Gasteiger partial charge in [0.25, 0.3) is 0 Å². The van der Waals surface area contributed by atoms with Gasteiger partial charge in [0.15, 0.2) is 0 Å². The number of hydrogen-bond acceptors (Lipinski definition) is 5. The maximum absolute atomic E-state index is 12.7. The third kappa shape index (κ3) is 3.70. The Balaban J connectivity index is 1.78. The van der Waals surface area contributed by atoms with E-state index in [2.05, 4.69) is 11.4 Å². The Morgan fingerprint density at radius 1 is 1.22 bits per heavy atom. The molecule has 1 N–H and O–H groups in total. The van der Waals surface area contributed by atoms with Gasteiger partial charge in [0.1, 0.15) is 17.6 Å². The van der Waals surface area contributed by atoms with E-state index in [9.17, 15) is 14.9 Å². The highest BCUT2D eigenvalue weighted by Crippen LogP contribution is 2.32. The number of nitriles is 1. The summed E-state index contributed by atoms with van der Waals surface area (Å²) in [7, 11) is 3.05. The van der Waals surface area contributed by atoms with Crippen LogP contribution in [-0.4, -0.2) is 32.6 Å². The summed E-state index contributed by atoms with van der Waals surface area (Å²) in [6.45, 7) is 0.218. The van der Waals surface area contributed by atoms with E-state index in [1.807, 2.05) is 0 Å². The molecule has 138 valence electrons. The molecular weight excluding hydrogens is 346 g/mol. The number of benzene rings is 2. The van der Waals surface area contributed by atoms with Gasteiger partial charge in [-0.3, -0.25) is 9.59 Å². The van der Waals surface area contributed by atoms with Crippen LogP contribution in [0.25, 0.3) is 0 Å². The molecule has 2 aromatic carbocycles. The van der Waals surface area contributed by atoms with E-state index in [1.54, 1.807) is 42.5 Å². The summed E-state index contributed by atoms with van der Waals surface area (Å²) in [5, 5.41) is 12.1. The summed E-state index contributed by atoms with van der Waals surface area (Å²) < 4.78 is 10.4. The lowest BCUT2D eigenvalue weighted by Gasteiger charge is -2.18. The molecule has 1 heterocycles. The van der Waals surface area contributed by atoms with Crippen LogP contribution in [0.1, 0.15) is 12.0 Å². The van der Waals surface area contributed by atoms with E-state index < -0.39 is 5.92 Å². The monoisotopic (exact) mass is 365 g/mol. The molecule has 3 rings (SSSR count). The third-order valence-electron chi connectivity index (χ3n) is 4.48. The zero-order valence-corrected chi connectivity index (χ0v) is 15.1. The molecule has 7 nitrogen and oxygen atoms in total. The highest BCUT2D eigenvalue weighted by molar-refractivity contribution is 6.04. The SMILES string of the molecule is COc1ccc(OC)c(NC(=O)C2CC(=O)N(c3ccccc3C#N)C2)c1. The normalized spacial score (nSPS) is 16.0. The summed E-state index contributed by atoms with van der Waals surface area (Å²) in [6, 6.07) is 14.0. The van der Waals surface area contributed by atoms with Crippen molar-refractivity contribution in [2.75, 3.05) is 31.0 Å². The summed E-state index contributed by atoms with van der Waals surface area (Å²) >= 11 is 0. The minimum absolute atomic E-state index is 0.0812. The molecule has 0 aliphatic carbocycles. The van der Waals surface area contributed by atoms with Crippen molar-refractivity contribution < 1.29 is 19.1 Å². The summed E-state index contributed by atoms with van der Waals surface area (Å²) in [5.74, 6) is 0.0841. The zero-order valence-electron chi connectivity index (χ0n) is 15.1. The van der Waals surface area contributed by atoms with Crippen molar-refractivity contribution in [2.24, 2.45) is 5.92 Å². The van der Waals surface area contributed by atoms with Gasteiger partial charge in [-0.1, -0.05) is 12.1 Å². The molecule has 1 aliphatic rings. The highest BCUT2D eigenvalue weighted by atomic mass is 16.5. The number of anilines is 2. The Bertz CT molecular complexity index is 920. The Hall–Kier alpha value is -3.53. The minimum atomic E-state index is -0.528. The van der Waals surface area contributed by atoms with Crippen molar-refractivity contribution in [3.05, 3.63) is 48.0 Å². The Labute approximate surface area is 157 Å². The number of methoxy groups -OCH3 is 2. The lowest BCUT2D eigenvalue weighted by molar-refractivity contribution is -0.122. The van der Waals surface area contributed by atoms with E-state index in [4.69, 9.17) is 9.47 Å². The minimum Gasteiger partial charge on any atom is -0.497 e. The molecule has 1 atom stereocenters. The molecule has 0 bridgehead atoms. The topological polar surface area (TPSA) is 91.7 Å². The molecule has 27 heavy (non-hydrogen) atoms. The second kappa shape index (κ2) is 7.79. The Morgan fingerprint density at radius 2 is 2.00 bits per heavy atom. The molecule has 7 heteroatoms. The molecule has 1 saturated heterocycles. The molecule has 0 spiro atoms. The van der Waals surface area contributed by atoms with Crippen molar-refractivity contribution in [3.8, 4) is 17.6 Å². The number of hydrogen-bond donors (Lipinski definition) is 1. The van der Waals surface area contributed by atoms with Gasteiger partial charge in [-0.15, -0.1) is 0 Å². The van der Waals surface area contributed by atoms with Gasteiger partial charge in [0.05, 0.1) is 37.1 Å². The number of carbonyl (C=O) groups is 2. The first kappa shape index (κ1) is 18.3. The Kier molecular flexibility index (Phi) is 5.27. The van der Waals surface area contributed by atoms with Gasteiger partial charge in [-0.05, 0) is 24.3 Å². The predicted molar refractivity (Wildman–Crippen MR) is 99.8 cm³/mol. The van der Waals surface area contributed by atoms with Crippen LogP contribution in [0.3, 0.4) is 0 Å². The molecule has 0 saturated carbocycles. The van der Waals surface area contributed by atoms with E-state index in [0.717, 1.165) is 0 Å². The molecule has 1 aliphatic heterocycles. The molecule has 0 radical (unpaired) electrons. The van der Waals surface area contributed by atoms with Crippen molar-refractivity contribution >= 4 is 23.2 Å². The first-order chi connectivity index (χ1) is 13.1. The van der Waals surface area contributed by atoms with Crippen LogP contribution >= 0.6 is 0 Å². The maximum Gasteiger partial charge on any atom is 0.229 e. The molecule has 2 amide bonds. The quantitative estimate of drug-likeness (QED) is 0.879. The number of nitrogens with zero attached hydrogens (tertiary/aromatic N) is 2. The molecule has 0 aromatic heterocycles. The predicted octanol–water partition coefficient (Wildman–Crippen LogP) is 2.57. The standard InChI is InChI=1S/C20H19N3O4/c1-26-15-7-8-18(27-2)16(10-15)22-20(25)14-9-19(24)23(12-14)17-6-4-3-5-13(17)11-21/h3-8,10,14H,9,12H2,1-2H3,(H,22,25). The number of rotatable bonds is 5. The van der Waals surface area contributed by atoms with Crippen LogP contribution in [0, 0.1) is 17.2 Å². The smallest absolute Gasteiger partial charge is 0.229 e. The summed E-state index contributed by atoms with van der Waals surface area (Å²) in [6.07, 6.45) is 0.0812. The van der Waals surface area contributed by atoms with Gasteiger partial charge >= 0.3 is 0 Å². The average Bonchev–Trinajstić information content (AvgIpc) is 3.09. The van der Waals surface area contributed by atoms with Crippen LogP contribution in [-0.2, 0) is 9.59 Å². The molecular formula is C20H19N3O4. The van der Waals surface area contributed by atoms with Crippen molar-refractivity contribution in [3.63, 3.8) is 0 Å². The van der Waals surface area contributed by atoms with Gasteiger partial charge in [0, 0.05) is 19.0 Å². The second-order valence-electron chi connectivity index (χ2n) is 6.09. The lowest BCUT2D eigenvalue weighted by Crippen LogP contribution is -2.28. The van der Waals surface area contributed by atoms with E-state index in [1.165, 1.54) is 19.1 Å². The van der Waals surface area contributed by atoms with Crippen LogP contribution in [0.2, 0.25) is 0 Å². The van der Waals surface area contributed by atoms with Crippen molar-refractivity contribution in [1.29, 1.82) is 5.26 Å². The number of carbonyl (C=O) groups excluding carboxylic acids is 2. The van der Waals surface area contributed by atoms with Crippen LogP contribution in [0.5, 0.6) is 11.5 Å². The average molecular weight is 365 g/mol. The molecule has 2 aromatic rings. The first-order valence-electron chi connectivity index (χ1n) is 8.39. The van der Waals surface area contributed by atoms with Crippen LogP contribution < -0.4 is 19.7 Å². The third-order valence-corrected chi connectivity index (χ3v) is 4.48. The zero-order chi connectivity index (χ0) is 19.4. The second-order valence-corrected chi connectivity index (χ2v) is 6.09. The van der Waals surface area contributed by atoms with E-state index in [0.29, 0.717) is 28.4 Å². The van der Waals surface area contributed by atoms with Crippen LogP contribution in [0.4, 0.5) is 11.4 Å². The number of para-hydroxylation sites is 1. The molecule has 1 fully saturated rings. The fourth-order valence-corrected chi connectivity index (χ4v) is 3.07.